The van der Waals surface area contributed by atoms with Gasteiger partial charge in [0.05, 0.1) is 6.54 Å². The second-order valence-electron chi connectivity index (χ2n) is 3.03. The number of rotatable bonds is 5. The Kier molecular flexibility index (Phi) is 5.09. The Bertz CT molecular complexity index is 463. The van der Waals surface area contributed by atoms with Crippen LogP contribution in [0.4, 0.5) is 0 Å². The fourth-order valence-corrected chi connectivity index (χ4v) is 1.67. The third-order valence-corrected chi connectivity index (χ3v) is 2.58. The molecule has 0 aliphatic heterocycles. The molecule has 1 heterocycles. The summed E-state index contributed by atoms with van der Waals surface area (Å²) in [5, 5.41) is 13.3. The third kappa shape index (κ3) is 4.60. The number of hydrogen-bond acceptors (Lipinski definition) is 4. The summed E-state index contributed by atoms with van der Waals surface area (Å²) in [7, 11) is 0. The Labute approximate surface area is 102 Å². The van der Waals surface area contributed by atoms with Crippen LogP contribution in [0.5, 0.6) is 0 Å². The molecule has 0 fully saturated rings. The van der Waals surface area contributed by atoms with Gasteiger partial charge in [0.15, 0.2) is 5.69 Å². The average Bonchev–Trinajstić information content (AvgIpc) is 2.75. The van der Waals surface area contributed by atoms with Crippen LogP contribution < -0.4 is 5.32 Å². The highest BCUT2D eigenvalue weighted by Crippen LogP contribution is 2.09. The topological polar surface area (TPSA) is 79.3 Å². The fourth-order valence-electron chi connectivity index (χ4n) is 0.966. The highest BCUT2D eigenvalue weighted by atomic mass is 32.1. The number of aromatic carboxylic acids is 1. The molecule has 1 aromatic rings. The van der Waals surface area contributed by atoms with Crippen molar-refractivity contribution in [3.63, 3.8) is 0 Å². The number of amides is 1. The van der Waals surface area contributed by atoms with Gasteiger partial charge in [-0.1, -0.05) is 18.2 Å². The zero-order valence-electron chi connectivity index (χ0n) is 9.21. The van der Waals surface area contributed by atoms with Gasteiger partial charge in [-0.15, -0.1) is 11.3 Å². The molecular weight excluding hydrogens is 240 g/mol. The maximum atomic E-state index is 11.3. The number of carbonyl (C=O) groups is 2. The smallest absolute Gasteiger partial charge is 0.355 e. The van der Waals surface area contributed by atoms with Gasteiger partial charge in [-0.05, 0) is 6.92 Å². The van der Waals surface area contributed by atoms with E-state index < -0.39 is 5.97 Å². The Balaban J connectivity index is 2.44. The van der Waals surface area contributed by atoms with Crippen molar-refractivity contribution in [3.8, 4) is 0 Å². The van der Waals surface area contributed by atoms with Gasteiger partial charge >= 0.3 is 5.97 Å². The predicted molar refractivity (Wildman–Crippen MR) is 64.9 cm³/mol. The number of carboxylic acids is 1. The minimum absolute atomic E-state index is 0.00343. The van der Waals surface area contributed by atoms with E-state index in [0.29, 0.717) is 5.01 Å². The summed E-state index contributed by atoms with van der Waals surface area (Å²) in [6.07, 6.45) is 6.57. The second kappa shape index (κ2) is 6.59. The fraction of sp³-hybridized carbons (Fsp3) is 0.182. The van der Waals surface area contributed by atoms with Gasteiger partial charge in [-0.2, -0.15) is 0 Å². The van der Waals surface area contributed by atoms with Crippen molar-refractivity contribution in [3.05, 3.63) is 40.4 Å². The molecule has 0 aliphatic rings. The molecule has 90 valence electrons. The van der Waals surface area contributed by atoms with Gasteiger partial charge in [0, 0.05) is 11.5 Å². The Morgan fingerprint density at radius 2 is 2.29 bits per heavy atom. The maximum Gasteiger partial charge on any atom is 0.355 e. The average molecular weight is 252 g/mol. The lowest BCUT2D eigenvalue weighted by Crippen LogP contribution is -2.20. The summed E-state index contributed by atoms with van der Waals surface area (Å²) >= 11 is 1.20. The highest BCUT2D eigenvalue weighted by Gasteiger charge is 2.08. The third-order valence-electron chi connectivity index (χ3n) is 1.74. The summed E-state index contributed by atoms with van der Waals surface area (Å²) in [5.41, 5.74) is 0.00343. The molecule has 0 unspecified atom stereocenters. The van der Waals surface area contributed by atoms with Gasteiger partial charge in [-0.25, -0.2) is 9.78 Å². The van der Waals surface area contributed by atoms with Gasteiger partial charge < -0.3 is 10.4 Å². The molecule has 6 heteroatoms. The van der Waals surface area contributed by atoms with E-state index in [1.807, 2.05) is 13.0 Å². The molecule has 0 saturated heterocycles. The highest BCUT2D eigenvalue weighted by molar-refractivity contribution is 7.09. The van der Waals surface area contributed by atoms with Crippen molar-refractivity contribution in [1.82, 2.24) is 10.3 Å². The van der Waals surface area contributed by atoms with Crippen molar-refractivity contribution in [2.45, 2.75) is 13.5 Å². The SMILES string of the molecule is CC=CC=CC(=O)NCc1nc(C(=O)O)cs1. The largest absolute Gasteiger partial charge is 0.476 e. The Hall–Kier alpha value is -1.95. The van der Waals surface area contributed by atoms with E-state index in [1.165, 1.54) is 22.8 Å². The van der Waals surface area contributed by atoms with Crippen LogP contribution in [0.1, 0.15) is 22.4 Å². The number of carboxylic acid groups (broad SMARTS) is 1. The molecule has 0 aromatic carbocycles. The minimum Gasteiger partial charge on any atom is -0.476 e. The van der Waals surface area contributed by atoms with Crippen molar-refractivity contribution >= 4 is 23.2 Å². The van der Waals surface area contributed by atoms with Gasteiger partial charge in [0.25, 0.3) is 0 Å². The number of nitrogens with zero attached hydrogens (tertiary/aromatic N) is 1. The van der Waals surface area contributed by atoms with Crippen LogP contribution in [-0.4, -0.2) is 22.0 Å². The molecule has 0 atom stereocenters. The first-order chi connectivity index (χ1) is 8.13. The lowest BCUT2D eigenvalue weighted by atomic mass is 10.4. The summed E-state index contributed by atoms with van der Waals surface area (Å²) in [6.45, 7) is 2.09. The lowest BCUT2D eigenvalue weighted by molar-refractivity contribution is -0.116. The number of hydrogen-bond donors (Lipinski definition) is 2. The normalized spacial score (nSPS) is 11.1. The predicted octanol–water partition coefficient (Wildman–Crippen LogP) is 1.59. The maximum absolute atomic E-state index is 11.3. The van der Waals surface area contributed by atoms with E-state index in [2.05, 4.69) is 10.3 Å². The molecule has 5 nitrogen and oxygen atoms in total. The second-order valence-corrected chi connectivity index (χ2v) is 3.98. The standard InChI is InChI=1S/C11H12N2O3S/c1-2-3-4-5-9(14)12-6-10-13-8(7-17-10)11(15)16/h2-5,7H,6H2,1H3,(H,12,14)(H,15,16). The van der Waals surface area contributed by atoms with Crippen LogP contribution in [0, 0.1) is 0 Å². The van der Waals surface area contributed by atoms with Crippen LogP contribution in [0.25, 0.3) is 0 Å². The molecular formula is C11H12N2O3S. The van der Waals surface area contributed by atoms with Crippen molar-refractivity contribution in [2.24, 2.45) is 0 Å². The molecule has 0 spiro atoms. The molecule has 2 N–H and O–H groups in total. The first-order valence-corrected chi connectivity index (χ1v) is 5.76. The molecule has 1 amide bonds. The first-order valence-electron chi connectivity index (χ1n) is 4.88. The summed E-state index contributed by atoms with van der Waals surface area (Å²) in [4.78, 5) is 25.7. The van der Waals surface area contributed by atoms with E-state index in [0.717, 1.165) is 0 Å². The van der Waals surface area contributed by atoms with E-state index in [-0.39, 0.29) is 18.1 Å². The van der Waals surface area contributed by atoms with Crippen LogP contribution >= 0.6 is 11.3 Å². The van der Waals surface area contributed by atoms with Crippen LogP contribution in [0.3, 0.4) is 0 Å². The Morgan fingerprint density at radius 3 is 2.88 bits per heavy atom. The van der Waals surface area contributed by atoms with Crippen molar-refractivity contribution < 1.29 is 14.7 Å². The quantitative estimate of drug-likeness (QED) is 0.616. The molecule has 0 radical (unpaired) electrons. The summed E-state index contributed by atoms with van der Waals surface area (Å²) in [6, 6.07) is 0. The van der Waals surface area contributed by atoms with Gasteiger partial charge in [0.1, 0.15) is 5.01 Å². The number of nitrogens with one attached hydrogen (secondary N) is 1. The van der Waals surface area contributed by atoms with Crippen molar-refractivity contribution in [2.75, 3.05) is 0 Å². The molecule has 1 aromatic heterocycles. The van der Waals surface area contributed by atoms with E-state index in [1.54, 1.807) is 12.2 Å². The van der Waals surface area contributed by atoms with Gasteiger partial charge in [0.2, 0.25) is 5.91 Å². The molecule has 1 rings (SSSR count). The monoisotopic (exact) mass is 252 g/mol. The van der Waals surface area contributed by atoms with Crippen LogP contribution in [-0.2, 0) is 11.3 Å². The zero-order chi connectivity index (χ0) is 12.7. The van der Waals surface area contributed by atoms with Crippen molar-refractivity contribution in [1.29, 1.82) is 0 Å². The minimum atomic E-state index is -1.06. The summed E-state index contributed by atoms with van der Waals surface area (Å²) < 4.78 is 0. The molecule has 0 saturated carbocycles. The zero-order valence-corrected chi connectivity index (χ0v) is 10.0. The van der Waals surface area contributed by atoms with E-state index >= 15 is 0 Å². The Morgan fingerprint density at radius 1 is 1.53 bits per heavy atom. The van der Waals surface area contributed by atoms with E-state index in [9.17, 15) is 9.59 Å². The molecule has 0 aliphatic carbocycles. The lowest BCUT2D eigenvalue weighted by Gasteiger charge is -1.97. The molecule has 17 heavy (non-hydrogen) atoms. The first kappa shape index (κ1) is 13.1. The van der Waals surface area contributed by atoms with Crippen LogP contribution in [0.15, 0.2) is 29.7 Å². The number of carbonyl (C=O) groups excluding carboxylic acids is 1. The van der Waals surface area contributed by atoms with E-state index in [4.69, 9.17) is 5.11 Å². The number of thiazole rings is 1. The number of allylic oxidation sites excluding steroid dienone is 3. The van der Waals surface area contributed by atoms with Crippen LogP contribution in [0.2, 0.25) is 0 Å². The summed E-state index contributed by atoms with van der Waals surface area (Å²) in [5.74, 6) is -1.30. The molecule has 0 bridgehead atoms. The number of aromatic nitrogens is 1. The van der Waals surface area contributed by atoms with Gasteiger partial charge in [-0.3, -0.25) is 4.79 Å².